The van der Waals surface area contributed by atoms with Crippen LogP contribution in [0.3, 0.4) is 0 Å². The molecule has 1 fully saturated rings. The Hall–Kier alpha value is -1.01. The van der Waals surface area contributed by atoms with E-state index in [0.29, 0.717) is 25.1 Å². The highest BCUT2D eigenvalue weighted by molar-refractivity contribution is 5.20. The van der Waals surface area contributed by atoms with Gasteiger partial charge in [-0.25, -0.2) is 4.39 Å². The van der Waals surface area contributed by atoms with Crippen molar-refractivity contribution in [3.63, 3.8) is 0 Å². The minimum absolute atomic E-state index is 0.160. The summed E-state index contributed by atoms with van der Waals surface area (Å²) >= 11 is 0. The number of halogens is 1. The number of nitrogens with zero attached hydrogens (tertiary/aromatic N) is 1. The topological polar surface area (TPSA) is 52.9 Å². The highest BCUT2D eigenvalue weighted by Gasteiger charge is 2.22. The van der Waals surface area contributed by atoms with Crippen LogP contribution in [0.1, 0.15) is 30.9 Å². The Morgan fingerprint density at radius 1 is 1.29 bits per heavy atom. The predicted molar refractivity (Wildman–Crippen MR) is 78.5 cm³/mol. The molecule has 4 nitrogen and oxygen atoms in total. The summed E-state index contributed by atoms with van der Waals surface area (Å²) < 4.78 is 19.3. The number of rotatable bonds is 7. The van der Waals surface area contributed by atoms with Gasteiger partial charge in [-0.1, -0.05) is 18.2 Å². The van der Waals surface area contributed by atoms with Crippen LogP contribution in [0.4, 0.5) is 4.39 Å². The summed E-state index contributed by atoms with van der Waals surface area (Å²) in [5.74, 6) is -0.354. The van der Waals surface area contributed by atoms with E-state index in [1.807, 2.05) is 0 Å². The van der Waals surface area contributed by atoms with Crippen molar-refractivity contribution in [1.29, 1.82) is 0 Å². The first-order valence-corrected chi connectivity index (χ1v) is 7.58. The second kappa shape index (κ2) is 8.44. The molecule has 1 aliphatic heterocycles. The minimum atomic E-state index is -0.793. The van der Waals surface area contributed by atoms with Gasteiger partial charge in [0.2, 0.25) is 0 Å². The lowest BCUT2D eigenvalue weighted by Gasteiger charge is -2.33. The summed E-state index contributed by atoms with van der Waals surface area (Å²) in [7, 11) is 0. The van der Waals surface area contributed by atoms with Crippen LogP contribution in [0.2, 0.25) is 0 Å². The third-order valence-corrected chi connectivity index (χ3v) is 3.89. The maximum Gasteiger partial charge on any atom is 0.129 e. The zero-order valence-electron chi connectivity index (χ0n) is 12.2. The molecule has 0 spiro atoms. The van der Waals surface area contributed by atoms with Gasteiger partial charge >= 0.3 is 0 Å². The molecule has 1 atom stereocenters. The lowest BCUT2D eigenvalue weighted by molar-refractivity contribution is -0.00675. The maximum atomic E-state index is 13.6. The number of likely N-dealkylation sites (tertiary alicyclic amines) is 1. The van der Waals surface area contributed by atoms with Crippen molar-refractivity contribution >= 4 is 0 Å². The average Bonchev–Trinajstić information content (AvgIpc) is 2.49. The molecule has 1 saturated heterocycles. The normalized spacial score (nSPS) is 18.8. The molecule has 2 rings (SSSR count). The van der Waals surface area contributed by atoms with Gasteiger partial charge in [0.25, 0.3) is 0 Å². The third-order valence-electron chi connectivity index (χ3n) is 3.89. The molecule has 5 heteroatoms. The molecular formula is C16H24FNO3. The number of benzene rings is 1. The van der Waals surface area contributed by atoms with Gasteiger partial charge in [0.1, 0.15) is 5.82 Å². The molecule has 1 aromatic carbocycles. The molecular weight excluding hydrogens is 273 g/mol. The third kappa shape index (κ3) is 5.04. The highest BCUT2D eigenvalue weighted by atomic mass is 19.1. The van der Waals surface area contributed by atoms with E-state index in [1.165, 1.54) is 6.07 Å². The van der Waals surface area contributed by atoms with Crippen LogP contribution in [0.5, 0.6) is 0 Å². The summed E-state index contributed by atoms with van der Waals surface area (Å²) in [6.07, 6.45) is 1.94. The first-order chi connectivity index (χ1) is 10.2. The number of aliphatic hydroxyl groups is 2. The van der Waals surface area contributed by atoms with Crippen LogP contribution < -0.4 is 0 Å². The smallest absolute Gasteiger partial charge is 0.129 e. The number of ether oxygens (including phenoxy) is 1. The largest absolute Gasteiger partial charge is 0.396 e. The molecule has 0 aromatic heterocycles. The molecule has 0 radical (unpaired) electrons. The van der Waals surface area contributed by atoms with E-state index < -0.39 is 6.10 Å². The molecule has 1 aliphatic rings. The maximum absolute atomic E-state index is 13.6. The van der Waals surface area contributed by atoms with Gasteiger partial charge in [-0.3, -0.25) is 0 Å². The molecule has 118 valence electrons. The molecule has 0 aliphatic carbocycles. The van der Waals surface area contributed by atoms with Crippen molar-refractivity contribution in [3.05, 3.63) is 35.6 Å². The Morgan fingerprint density at radius 2 is 2.00 bits per heavy atom. The molecule has 1 unspecified atom stereocenters. The zero-order valence-corrected chi connectivity index (χ0v) is 12.2. The van der Waals surface area contributed by atoms with Crippen molar-refractivity contribution in [1.82, 2.24) is 4.90 Å². The van der Waals surface area contributed by atoms with E-state index in [0.717, 1.165) is 25.9 Å². The Balaban J connectivity index is 1.74. The van der Waals surface area contributed by atoms with Crippen LogP contribution in [0.15, 0.2) is 24.3 Å². The van der Waals surface area contributed by atoms with Crippen LogP contribution in [-0.2, 0) is 4.74 Å². The standard InChI is InChI=1S/C16H24FNO3/c17-15-5-2-1-4-14(15)16(20)12-18-8-6-13(7-9-18)21-11-3-10-19/h1-2,4-5,13,16,19-20H,3,6-12H2. The molecule has 0 bridgehead atoms. The Labute approximate surface area is 125 Å². The Kier molecular flexibility index (Phi) is 6.57. The first-order valence-electron chi connectivity index (χ1n) is 7.58. The van der Waals surface area contributed by atoms with Gasteiger partial charge < -0.3 is 19.8 Å². The summed E-state index contributed by atoms with van der Waals surface area (Å²) in [6.45, 7) is 2.89. The molecule has 0 amide bonds. The molecule has 1 heterocycles. The summed E-state index contributed by atoms with van der Waals surface area (Å²) in [4.78, 5) is 2.14. The van der Waals surface area contributed by atoms with Crippen LogP contribution in [0.25, 0.3) is 0 Å². The van der Waals surface area contributed by atoms with Gasteiger partial charge in [0, 0.05) is 38.4 Å². The monoisotopic (exact) mass is 297 g/mol. The first kappa shape index (κ1) is 16.4. The lowest BCUT2D eigenvalue weighted by Crippen LogP contribution is -2.39. The van der Waals surface area contributed by atoms with Gasteiger partial charge in [-0.15, -0.1) is 0 Å². The minimum Gasteiger partial charge on any atom is -0.396 e. The van der Waals surface area contributed by atoms with Crippen LogP contribution >= 0.6 is 0 Å². The van der Waals surface area contributed by atoms with E-state index in [1.54, 1.807) is 18.2 Å². The van der Waals surface area contributed by atoms with Gasteiger partial charge in [-0.2, -0.15) is 0 Å². The number of β-amino-alcohol motifs (C(OH)–C–C–N with tert-alkyl or cyclic N) is 1. The van der Waals surface area contributed by atoms with Gasteiger partial charge in [-0.05, 0) is 25.3 Å². The number of hydrogen-bond donors (Lipinski definition) is 2. The number of aliphatic hydroxyl groups excluding tert-OH is 2. The van der Waals surface area contributed by atoms with Crippen molar-refractivity contribution in [2.24, 2.45) is 0 Å². The van der Waals surface area contributed by atoms with E-state index >= 15 is 0 Å². The van der Waals surface area contributed by atoms with E-state index in [-0.39, 0.29) is 18.5 Å². The van der Waals surface area contributed by atoms with E-state index in [4.69, 9.17) is 9.84 Å². The quantitative estimate of drug-likeness (QED) is 0.753. The van der Waals surface area contributed by atoms with Crippen molar-refractivity contribution in [2.75, 3.05) is 32.8 Å². The highest BCUT2D eigenvalue weighted by Crippen LogP contribution is 2.21. The lowest BCUT2D eigenvalue weighted by atomic mass is 10.0. The SMILES string of the molecule is OCCCOC1CCN(CC(O)c2ccccc2F)CC1. The van der Waals surface area contributed by atoms with E-state index in [9.17, 15) is 9.50 Å². The summed E-state index contributed by atoms with van der Waals surface area (Å²) in [5, 5.41) is 18.9. The fourth-order valence-electron chi connectivity index (χ4n) is 2.66. The Bertz CT molecular complexity index is 422. The van der Waals surface area contributed by atoms with Crippen molar-refractivity contribution in [3.8, 4) is 0 Å². The molecule has 1 aromatic rings. The van der Waals surface area contributed by atoms with E-state index in [2.05, 4.69) is 4.90 Å². The average molecular weight is 297 g/mol. The molecule has 21 heavy (non-hydrogen) atoms. The Morgan fingerprint density at radius 3 is 2.67 bits per heavy atom. The van der Waals surface area contributed by atoms with Gasteiger partial charge in [0.15, 0.2) is 0 Å². The summed E-state index contributed by atoms with van der Waals surface area (Å²) in [6, 6.07) is 6.37. The molecule has 2 N–H and O–H groups in total. The predicted octanol–water partition coefficient (Wildman–Crippen LogP) is 1.72. The fraction of sp³-hybridized carbons (Fsp3) is 0.625. The van der Waals surface area contributed by atoms with Crippen molar-refractivity contribution in [2.45, 2.75) is 31.5 Å². The van der Waals surface area contributed by atoms with Crippen molar-refractivity contribution < 1.29 is 19.3 Å². The van der Waals surface area contributed by atoms with Crippen LogP contribution in [0, 0.1) is 5.82 Å². The van der Waals surface area contributed by atoms with Crippen LogP contribution in [-0.4, -0.2) is 54.1 Å². The zero-order chi connectivity index (χ0) is 15.1. The summed E-state index contributed by atoms with van der Waals surface area (Å²) in [5.41, 5.74) is 0.360. The second-order valence-corrected chi connectivity index (χ2v) is 5.49. The second-order valence-electron chi connectivity index (χ2n) is 5.49. The van der Waals surface area contributed by atoms with Gasteiger partial charge in [0.05, 0.1) is 12.2 Å². The number of piperidine rings is 1. The number of hydrogen-bond acceptors (Lipinski definition) is 4. The molecule has 0 saturated carbocycles. The fourth-order valence-corrected chi connectivity index (χ4v) is 2.66.